The Labute approximate surface area is 134 Å². The van der Waals surface area contributed by atoms with Gasteiger partial charge in [0.05, 0.1) is 7.11 Å². The number of hydrogen-bond acceptors (Lipinski definition) is 3. The molecule has 0 aliphatic rings. The van der Waals surface area contributed by atoms with Gasteiger partial charge in [-0.15, -0.1) is 0 Å². The fourth-order valence-electron chi connectivity index (χ4n) is 2.33. The van der Waals surface area contributed by atoms with Crippen molar-refractivity contribution in [2.75, 3.05) is 7.11 Å². The molecule has 1 rings (SSSR count). The first-order valence-electron chi connectivity index (χ1n) is 7.40. The molecule has 0 spiro atoms. The molecule has 118 valence electrons. The minimum Gasteiger partial charge on any atom is -0.507 e. The van der Waals surface area contributed by atoms with E-state index in [1.807, 2.05) is 0 Å². The van der Waals surface area contributed by atoms with Crippen LogP contribution in [0.15, 0.2) is 12.1 Å². The molecule has 0 aliphatic heterocycles. The van der Waals surface area contributed by atoms with Crippen LogP contribution in [0.1, 0.15) is 64.7 Å². The third-order valence-corrected chi connectivity index (χ3v) is 4.00. The standard InChI is InChI=1S/C18H28O2S/c1-17(2,3)13-10-12(8-9-15(21)20-7)11-14(16(13)19)18(4,5)6/h10-11,19H,8-9H2,1-7H3. The van der Waals surface area contributed by atoms with Gasteiger partial charge in [-0.05, 0) is 46.2 Å². The molecule has 0 radical (unpaired) electrons. The second kappa shape index (κ2) is 6.35. The molecule has 0 amide bonds. The largest absolute Gasteiger partial charge is 0.507 e. The van der Waals surface area contributed by atoms with Gasteiger partial charge in [0.15, 0.2) is 5.05 Å². The number of ether oxygens (including phenoxy) is 1. The van der Waals surface area contributed by atoms with E-state index in [-0.39, 0.29) is 10.8 Å². The van der Waals surface area contributed by atoms with E-state index in [1.165, 1.54) is 5.56 Å². The molecule has 1 aromatic carbocycles. The second-order valence-corrected chi connectivity index (χ2v) is 8.07. The van der Waals surface area contributed by atoms with Crippen molar-refractivity contribution >= 4 is 17.3 Å². The third kappa shape index (κ3) is 4.70. The molecular weight excluding hydrogens is 280 g/mol. The summed E-state index contributed by atoms with van der Waals surface area (Å²) >= 11 is 5.12. The molecule has 0 saturated carbocycles. The molecule has 2 nitrogen and oxygen atoms in total. The molecule has 0 fully saturated rings. The van der Waals surface area contributed by atoms with Gasteiger partial charge >= 0.3 is 0 Å². The van der Waals surface area contributed by atoms with Crippen LogP contribution in [0.5, 0.6) is 5.75 Å². The fraction of sp³-hybridized carbons (Fsp3) is 0.611. The van der Waals surface area contributed by atoms with Crippen LogP contribution in [-0.4, -0.2) is 17.3 Å². The zero-order chi connectivity index (χ0) is 16.4. The minimum atomic E-state index is -0.0954. The van der Waals surface area contributed by atoms with Crippen molar-refractivity contribution in [3.05, 3.63) is 28.8 Å². The Morgan fingerprint density at radius 2 is 1.48 bits per heavy atom. The van der Waals surface area contributed by atoms with E-state index in [0.717, 1.165) is 24.0 Å². The molecule has 0 saturated heterocycles. The number of rotatable bonds is 3. The summed E-state index contributed by atoms with van der Waals surface area (Å²) in [5.74, 6) is 0.424. The third-order valence-electron chi connectivity index (χ3n) is 3.63. The number of hydrogen-bond donors (Lipinski definition) is 1. The van der Waals surface area contributed by atoms with Crippen molar-refractivity contribution in [2.45, 2.75) is 65.2 Å². The first kappa shape index (κ1) is 18.0. The number of benzene rings is 1. The summed E-state index contributed by atoms with van der Waals surface area (Å²) in [5, 5.41) is 11.3. The zero-order valence-electron chi connectivity index (χ0n) is 14.3. The Morgan fingerprint density at radius 3 is 1.81 bits per heavy atom. The van der Waals surface area contributed by atoms with Gasteiger partial charge in [-0.1, -0.05) is 53.7 Å². The van der Waals surface area contributed by atoms with Crippen LogP contribution in [0.3, 0.4) is 0 Å². The summed E-state index contributed by atoms with van der Waals surface area (Å²) in [7, 11) is 1.61. The predicted octanol–water partition coefficient (Wildman–Crippen LogP) is 4.89. The van der Waals surface area contributed by atoms with Crippen molar-refractivity contribution < 1.29 is 9.84 Å². The monoisotopic (exact) mass is 308 g/mol. The molecule has 3 heteroatoms. The highest BCUT2D eigenvalue weighted by atomic mass is 32.1. The quantitative estimate of drug-likeness (QED) is 0.806. The molecule has 0 unspecified atom stereocenters. The Bertz CT molecular complexity index is 484. The van der Waals surface area contributed by atoms with Gasteiger partial charge in [0.1, 0.15) is 5.75 Å². The maximum atomic E-state index is 10.7. The number of aromatic hydroxyl groups is 1. The molecule has 0 aliphatic carbocycles. The molecule has 0 atom stereocenters. The van der Waals surface area contributed by atoms with Crippen LogP contribution in [0, 0.1) is 0 Å². The van der Waals surface area contributed by atoms with E-state index in [0.29, 0.717) is 10.8 Å². The molecule has 0 bridgehead atoms. The van der Waals surface area contributed by atoms with Crippen molar-refractivity contribution in [3.8, 4) is 5.75 Å². The minimum absolute atomic E-state index is 0.0954. The molecule has 21 heavy (non-hydrogen) atoms. The number of phenols is 1. The lowest BCUT2D eigenvalue weighted by atomic mass is 9.78. The topological polar surface area (TPSA) is 29.5 Å². The number of methoxy groups -OCH3 is 1. The highest BCUT2D eigenvalue weighted by molar-refractivity contribution is 7.80. The Kier molecular flexibility index (Phi) is 5.43. The Hall–Kier alpha value is -1.09. The SMILES string of the molecule is COC(=S)CCc1cc(C(C)(C)C)c(O)c(C(C)(C)C)c1. The first-order valence-corrected chi connectivity index (χ1v) is 7.81. The van der Waals surface area contributed by atoms with Crippen molar-refractivity contribution in [3.63, 3.8) is 0 Å². The lowest BCUT2D eigenvalue weighted by molar-refractivity contribution is 0.402. The average molecular weight is 308 g/mol. The van der Waals surface area contributed by atoms with Crippen LogP contribution >= 0.6 is 12.2 Å². The van der Waals surface area contributed by atoms with E-state index in [4.69, 9.17) is 17.0 Å². The molecule has 1 N–H and O–H groups in total. The van der Waals surface area contributed by atoms with Gasteiger partial charge in [-0.3, -0.25) is 0 Å². The number of thiocarbonyl (C=S) groups is 1. The van der Waals surface area contributed by atoms with Crippen LogP contribution in [0.2, 0.25) is 0 Å². The van der Waals surface area contributed by atoms with Crippen molar-refractivity contribution in [1.29, 1.82) is 0 Å². The lowest BCUT2D eigenvalue weighted by Gasteiger charge is -2.28. The molecular formula is C18H28O2S. The molecule has 1 aromatic rings. The van der Waals surface area contributed by atoms with E-state index in [1.54, 1.807) is 7.11 Å². The fourth-order valence-corrected chi connectivity index (χ4v) is 2.43. The second-order valence-electron chi connectivity index (χ2n) is 7.62. The summed E-state index contributed by atoms with van der Waals surface area (Å²) in [4.78, 5) is 0. The van der Waals surface area contributed by atoms with E-state index < -0.39 is 0 Å². The summed E-state index contributed by atoms with van der Waals surface area (Å²) in [6.07, 6.45) is 1.56. The summed E-state index contributed by atoms with van der Waals surface area (Å²) in [6.45, 7) is 12.7. The van der Waals surface area contributed by atoms with Crippen LogP contribution in [0.4, 0.5) is 0 Å². The predicted molar refractivity (Wildman–Crippen MR) is 93.4 cm³/mol. The normalized spacial score (nSPS) is 12.3. The van der Waals surface area contributed by atoms with Gasteiger partial charge in [-0.2, -0.15) is 0 Å². The van der Waals surface area contributed by atoms with Gasteiger partial charge in [0.2, 0.25) is 0 Å². The van der Waals surface area contributed by atoms with Gasteiger partial charge in [0, 0.05) is 6.42 Å². The first-order chi connectivity index (χ1) is 9.46. The summed E-state index contributed by atoms with van der Waals surface area (Å²) in [6, 6.07) is 4.20. The van der Waals surface area contributed by atoms with Crippen molar-refractivity contribution in [1.82, 2.24) is 0 Å². The van der Waals surface area contributed by atoms with E-state index >= 15 is 0 Å². The zero-order valence-corrected chi connectivity index (χ0v) is 15.1. The van der Waals surface area contributed by atoms with Crippen LogP contribution in [-0.2, 0) is 22.0 Å². The Balaban J connectivity index is 3.31. The smallest absolute Gasteiger partial charge is 0.159 e. The maximum Gasteiger partial charge on any atom is 0.159 e. The highest BCUT2D eigenvalue weighted by Gasteiger charge is 2.26. The average Bonchev–Trinajstić information content (AvgIpc) is 2.34. The van der Waals surface area contributed by atoms with Gasteiger partial charge in [-0.25, -0.2) is 0 Å². The van der Waals surface area contributed by atoms with Crippen LogP contribution in [0.25, 0.3) is 0 Å². The van der Waals surface area contributed by atoms with Crippen molar-refractivity contribution in [2.24, 2.45) is 0 Å². The van der Waals surface area contributed by atoms with E-state index in [9.17, 15) is 5.11 Å². The molecule has 0 heterocycles. The lowest BCUT2D eigenvalue weighted by Crippen LogP contribution is -2.18. The van der Waals surface area contributed by atoms with Gasteiger partial charge in [0.25, 0.3) is 0 Å². The van der Waals surface area contributed by atoms with Gasteiger partial charge < -0.3 is 9.84 Å². The summed E-state index contributed by atoms with van der Waals surface area (Å²) in [5.41, 5.74) is 2.99. The summed E-state index contributed by atoms with van der Waals surface area (Å²) < 4.78 is 5.07. The molecule has 0 aromatic heterocycles. The number of aryl methyl sites for hydroxylation is 1. The Morgan fingerprint density at radius 1 is 1.05 bits per heavy atom. The number of phenolic OH excluding ortho intramolecular Hbond substituents is 1. The van der Waals surface area contributed by atoms with E-state index in [2.05, 4.69) is 53.7 Å². The van der Waals surface area contributed by atoms with Crippen LogP contribution < -0.4 is 0 Å². The highest BCUT2D eigenvalue weighted by Crippen LogP contribution is 2.39. The maximum absolute atomic E-state index is 10.7.